The standard InChI is InChI=1S/C10H17F2NO3/c1-9(2,3)16-8(15)13-6-10(11,12)4-7(13)5-14/h7,14H,4-6H2,1-3H3. The SMILES string of the molecule is CC(C)(C)OC(=O)N1CC(F)(F)CC1CO. The van der Waals surface area contributed by atoms with Gasteiger partial charge in [0.25, 0.3) is 5.92 Å². The molecule has 0 bridgehead atoms. The minimum absolute atomic E-state index is 0.477. The Kier molecular flexibility index (Phi) is 3.42. The highest BCUT2D eigenvalue weighted by molar-refractivity contribution is 5.69. The van der Waals surface area contributed by atoms with Gasteiger partial charge >= 0.3 is 6.09 Å². The molecule has 4 nitrogen and oxygen atoms in total. The molecule has 0 radical (unpaired) electrons. The van der Waals surface area contributed by atoms with Crippen LogP contribution in [-0.2, 0) is 4.74 Å². The van der Waals surface area contributed by atoms with E-state index in [0.29, 0.717) is 0 Å². The van der Waals surface area contributed by atoms with Crippen LogP contribution < -0.4 is 0 Å². The average Bonchev–Trinajstić information content (AvgIpc) is 2.38. The maximum Gasteiger partial charge on any atom is 0.410 e. The zero-order chi connectivity index (χ0) is 12.6. The third-order valence-corrected chi connectivity index (χ3v) is 2.22. The van der Waals surface area contributed by atoms with Crippen LogP contribution in [0.2, 0.25) is 0 Å². The summed E-state index contributed by atoms with van der Waals surface area (Å²) in [5, 5.41) is 8.93. The third-order valence-electron chi connectivity index (χ3n) is 2.22. The number of carbonyl (C=O) groups excluding carboxylic acids is 1. The first-order chi connectivity index (χ1) is 7.14. The van der Waals surface area contributed by atoms with Crippen molar-refractivity contribution in [3.05, 3.63) is 0 Å². The second kappa shape index (κ2) is 4.16. The maximum absolute atomic E-state index is 13.1. The number of rotatable bonds is 1. The summed E-state index contributed by atoms with van der Waals surface area (Å²) in [4.78, 5) is 12.5. The Hall–Kier alpha value is -0.910. The molecule has 6 heteroatoms. The van der Waals surface area contributed by atoms with Gasteiger partial charge in [-0.1, -0.05) is 0 Å². The fraction of sp³-hybridized carbons (Fsp3) is 0.900. The summed E-state index contributed by atoms with van der Waals surface area (Å²) in [6, 6.07) is -0.857. The molecule has 1 heterocycles. The minimum atomic E-state index is -2.94. The van der Waals surface area contributed by atoms with Gasteiger partial charge in [-0.2, -0.15) is 0 Å². The summed E-state index contributed by atoms with van der Waals surface area (Å²) in [6.07, 6.45) is -1.31. The Morgan fingerprint density at radius 1 is 1.56 bits per heavy atom. The number of amides is 1. The predicted molar refractivity (Wildman–Crippen MR) is 53.4 cm³/mol. The van der Waals surface area contributed by atoms with Crippen LogP contribution in [0, 0.1) is 0 Å². The zero-order valence-electron chi connectivity index (χ0n) is 9.67. The number of likely N-dealkylation sites (tertiary alicyclic amines) is 1. The topological polar surface area (TPSA) is 49.8 Å². The van der Waals surface area contributed by atoms with Gasteiger partial charge < -0.3 is 9.84 Å². The van der Waals surface area contributed by atoms with E-state index in [1.54, 1.807) is 20.8 Å². The van der Waals surface area contributed by atoms with Gasteiger partial charge in [0.1, 0.15) is 5.60 Å². The maximum atomic E-state index is 13.1. The lowest BCUT2D eigenvalue weighted by Crippen LogP contribution is -2.41. The minimum Gasteiger partial charge on any atom is -0.444 e. The third kappa shape index (κ3) is 3.30. The average molecular weight is 237 g/mol. The molecule has 0 aromatic heterocycles. The predicted octanol–water partition coefficient (Wildman–Crippen LogP) is 1.62. The molecule has 1 aliphatic heterocycles. The number of halogens is 2. The normalized spacial score (nSPS) is 24.6. The number of alkyl halides is 2. The van der Waals surface area contributed by atoms with Crippen LogP contribution in [0.1, 0.15) is 27.2 Å². The molecule has 1 unspecified atom stereocenters. The lowest BCUT2D eigenvalue weighted by Gasteiger charge is -2.27. The number of aliphatic hydroxyl groups excluding tert-OH is 1. The molecule has 1 atom stereocenters. The van der Waals surface area contributed by atoms with Crippen LogP contribution in [-0.4, -0.2) is 46.8 Å². The molecule has 0 aromatic carbocycles. The highest BCUT2D eigenvalue weighted by Crippen LogP contribution is 2.32. The molecule has 1 fully saturated rings. The molecule has 1 N–H and O–H groups in total. The number of hydrogen-bond donors (Lipinski definition) is 1. The molecule has 0 aromatic rings. The van der Waals surface area contributed by atoms with Gasteiger partial charge in [0.15, 0.2) is 0 Å². The van der Waals surface area contributed by atoms with Crippen molar-refractivity contribution in [2.75, 3.05) is 13.2 Å². The zero-order valence-corrected chi connectivity index (χ0v) is 9.67. The Morgan fingerprint density at radius 3 is 2.56 bits per heavy atom. The van der Waals surface area contributed by atoms with Crippen molar-refractivity contribution >= 4 is 6.09 Å². The van der Waals surface area contributed by atoms with Crippen LogP contribution in [0.25, 0.3) is 0 Å². The first kappa shape index (κ1) is 13.2. The highest BCUT2D eigenvalue weighted by Gasteiger charge is 2.47. The lowest BCUT2D eigenvalue weighted by atomic mass is 10.2. The molecular weight excluding hydrogens is 220 g/mol. The second-order valence-corrected chi connectivity index (χ2v) is 5.00. The molecule has 1 saturated heterocycles. The summed E-state index contributed by atoms with van der Waals surface area (Å²) in [7, 11) is 0. The Balaban J connectivity index is 2.69. The van der Waals surface area contributed by atoms with Crippen molar-refractivity contribution in [2.45, 2.75) is 44.8 Å². The fourth-order valence-electron chi connectivity index (χ4n) is 1.60. The van der Waals surface area contributed by atoms with Crippen molar-refractivity contribution in [3.63, 3.8) is 0 Å². The second-order valence-electron chi connectivity index (χ2n) is 5.00. The summed E-state index contributed by atoms with van der Waals surface area (Å²) in [6.45, 7) is 3.81. The van der Waals surface area contributed by atoms with Crippen LogP contribution in [0.4, 0.5) is 13.6 Å². The van der Waals surface area contributed by atoms with Gasteiger partial charge in [-0.15, -0.1) is 0 Å². The van der Waals surface area contributed by atoms with Gasteiger partial charge in [-0.05, 0) is 20.8 Å². The highest BCUT2D eigenvalue weighted by atomic mass is 19.3. The van der Waals surface area contributed by atoms with Gasteiger partial charge in [-0.3, -0.25) is 4.90 Å². The Labute approximate surface area is 93.2 Å². The van der Waals surface area contributed by atoms with E-state index < -0.39 is 43.2 Å². The van der Waals surface area contributed by atoms with Crippen LogP contribution in [0.3, 0.4) is 0 Å². The van der Waals surface area contributed by atoms with E-state index in [0.717, 1.165) is 4.90 Å². The first-order valence-corrected chi connectivity index (χ1v) is 5.13. The van der Waals surface area contributed by atoms with E-state index in [4.69, 9.17) is 9.84 Å². The van der Waals surface area contributed by atoms with E-state index >= 15 is 0 Å². The van der Waals surface area contributed by atoms with Crippen molar-refractivity contribution in [2.24, 2.45) is 0 Å². The lowest BCUT2D eigenvalue weighted by molar-refractivity contribution is -0.00284. The number of hydrogen-bond acceptors (Lipinski definition) is 3. The molecule has 0 spiro atoms. The first-order valence-electron chi connectivity index (χ1n) is 5.13. The van der Waals surface area contributed by atoms with Gasteiger partial charge in [0, 0.05) is 6.42 Å². The Bertz CT molecular complexity index is 276. The number of aliphatic hydroxyl groups is 1. The quantitative estimate of drug-likeness (QED) is 0.754. The van der Waals surface area contributed by atoms with E-state index in [-0.39, 0.29) is 0 Å². The molecule has 1 rings (SSSR count). The van der Waals surface area contributed by atoms with E-state index in [9.17, 15) is 13.6 Å². The monoisotopic (exact) mass is 237 g/mol. The van der Waals surface area contributed by atoms with E-state index in [2.05, 4.69) is 0 Å². The molecule has 94 valence electrons. The molecule has 16 heavy (non-hydrogen) atoms. The van der Waals surface area contributed by atoms with E-state index in [1.807, 2.05) is 0 Å². The molecular formula is C10H17F2NO3. The summed E-state index contributed by atoms with van der Waals surface area (Å²) < 4.78 is 31.1. The number of carbonyl (C=O) groups is 1. The van der Waals surface area contributed by atoms with Crippen LogP contribution in [0.15, 0.2) is 0 Å². The van der Waals surface area contributed by atoms with Crippen LogP contribution in [0.5, 0.6) is 0 Å². The summed E-state index contributed by atoms with van der Waals surface area (Å²) in [5.41, 5.74) is -0.727. The molecule has 0 aliphatic carbocycles. The largest absolute Gasteiger partial charge is 0.444 e. The summed E-state index contributed by atoms with van der Waals surface area (Å²) >= 11 is 0. The van der Waals surface area contributed by atoms with Crippen LogP contribution >= 0.6 is 0 Å². The Morgan fingerprint density at radius 2 is 2.12 bits per heavy atom. The molecule has 1 amide bonds. The molecule has 1 aliphatic rings. The van der Waals surface area contributed by atoms with Crippen molar-refractivity contribution in [3.8, 4) is 0 Å². The van der Waals surface area contributed by atoms with Gasteiger partial charge in [0.05, 0.1) is 19.2 Å². The van der Waals surface area contributed by atoms with Crippen molar-refractivity contribution in [1.29, 1.82) is 0 Å². The van der Waals surface area contributed by atoms with Crippen molar-refractivity contribution in [1.82, 2.24) is 4.90 Å². The smallest absolute Gasteiger partial charge is 0.410 e. The fourth-order valence-corrected chi connectivity index (χ4v) is 1.60. The number of ether oxygens (including phenoxy) is 1. The van der Waals surface area contributed by atoms with Gasteiger partial charge in [-0.25, -0.2) is 13.6 Å². The van der Waals surface area contributed by atoms with Crippen molar-refractivity contribution < 1.29 is 23.4 Å². The summed E-state index contributed by atoms with van der Waals surface area (Å²) in [5.74, 6) is -2.94. The van der Waals surface area contributed by atoms with E-state index in [1.165, 1.54) is 0 Å². The van der Waals surface area contributed by atoms with Gasteiger partial charge in [0.2, 0.25) is 0 Å². The molecule has 0 saturated carbocycles. The number of nitrogens with zero attached hydrogens (tertiary/aromatic N) is 1.